The Morgan fingerprint density at radius 1 is 1.34 bits per heavy atom. The van der Waals surface area contributed by atoms with Crippen molar-refractivity contribution in [1.29, 1.82) is 0 Å². The molecular formula is C18H17N7O2S2. The first-order valence-corrected chi connectivity index (χ1v) is 10.7. The number of rotatable bonds is 7. The predicted octanol–water partition coefficient (Wildman–Crippen LogP) is 3.51. The first kappa shape index (κ1) is 19.3. The van der Waals surface area contributed by atoms with E-state index in [-0.39, 0.29) is 17.6 Å². The summed E-state index contributed by atoms with van der Waals surface area (Å²) >= 11 is 2.66. The molecule has 0 fully saturated rings. The van der Waals surface area contributed by atoms with Crippen molar-refractivity contribution in [2.24, 2.45) is 0 Å². The van der Waals surface area contributed by atoms with Gasteiger partial charge in [-0.1, -0.05) is 40.7 Å². The number of aromatic nitrogens is 6. The largest absolute Gasteiger partial charge is 0.330 e. The Hall–Kier alpha value is -3.05. The fourth-order valence-electron chi connectivity index (χ4n) is 2.63. The summed E-state index contributed by atoms with van der Waals surface area (Å²) in [6.45, 7) is 4.57. The standard InChI is InChI=1S/C18H17N7O2S2/c1-3-25-15(16-21-14(24-27-16)12-6-4-5-11(2)9-12)22-23-18(25)29-10-13(26)20-17-19-7-8-28-17/h4-9H,3,10H2,1-2H3,(H,19,20,26). The number of hydrogen-bond donors (Lipinski definition) is 1. The molecule has 0 saturated heterocycles. The van der Waals surface area contributed by atoms with Gasteiger partial charge in [0.15, 0.2) is 10.3 Å². The average molecular weight is 428 g/mol. The van der Waals surface area contributed by atoms with E-state index >= 15 is 0 Å². The minimum Gasteiger partial charge on any atom is -0.330 e. The van der Waals surface area contributed by atoms with Gasteiger partial charge >= 0.3 is 0 Å². The van der Waals surface area contributed by atoms with Crippen LogP contribution in [0.1, 0.15) is 12.5 Å². The molecule has 0 radical (unpaired) electrons. The number of amides is 1. The van der Waals surface area contributed by atoms with Crippen molar-refractivity contribution < 1.29 is 9.32 Å². The smallest absolute Gasteiger partial charge is 0.296 e. The summed E-state index contributed by atoms with van der Waals surface area (Å²) in [4.78, 5) is 20.6. The third-order valence-electron chi connectivity index (χ3n) is 3.94. The zero-order valence-electron chi connectivity index (χ0n) is 15.7. The highest BCUT2D eigenvalue weighted by atomic mass is 32.2. The molecule has 3 heterocycles. The van der Waals surface area contributed by atoms with Crippen LogP contribution in [-0.2, 0) is 11.3 Å². The molecule has 1 aromatic carbocycles. The van der Waals surface area contributed by atoms with Crippen LogP contribution in [0.5, 0.6) is 0 Å². The van der Waals surface area contributed by atoms with Gasteiger partial charge in [-0.15, -0.1) is 21.5 Å². The topological polar surface area (TPSA) is 112 Å². The summed E-state index contributed by atoms with van der Waals surface area (Å²) < 4.78 is 7.26. The van der Waals surface area contributed by atoms with Gasteiger partial charge < -0.3 is 9.84 Å². The fourth-order valence-corrected chi connectivity index (χ4v) is 3.97. The second kappa shape index (κ2) is 8.53. The molecule has 29 heavy (non-hydrogen) atoms. The molecule has 4 aromatic rings. The molecule has 148 valence electrons. The van der Waals surface area contributed by atoms with Crippen molar-refractivity contribution in [1.82, 2.24) is 29.9 Å². The van der Waals surface area contributed by atoms with Gasteiger partial charge in [0.2, 0.25) is 17.6 Å². The van der Waals surface area contributed by atoms with Crippen molar-refractivity contribution in [2.75, 3.05) is 11.1 Å². The number of benzene rings is 1. The Balaban J connectivity index is 1.49. The van der Waals surface area contributed by atoms with Crippen LogP contribution < -0.4 is 5.32 Å². The Labute approximate surface area is 174 Å². The van der Waals surface area contributed by atoms with Gasteiger partial charge in [0.25, 0.3) is 5.89 Å². The van der Waals surface area contributed by atoms with Crippen LogP contribution in [0, 0.1) is 6.92 Å². The molecule has 0 spiro atoms. The van der Waals surface area contributed by atoms with Crippen LogP contribution in [0.25, 0.3) is 23.1 Å². The first-order valence-electron chi connectivity index (χ1n) is 8.80. The van der Waals surface area contributed by atoms with Gasteiger partial charge in [-0.3, -0.25) is 9.36 Å². The van der Waals surface area contributed by atoms with E-state index in [9.17, 15) is 4.79 Å². The lowest BCUT2D eigenvalue weighted by Gasteiger charge is -2.04. The number of carbonyl (C=O) groups excluding carboxylic acids is 1. The zero-order valence-corrected chi connectivity index (χ0v) is 17.3. The maximum Gasteiger partial charge on any atom is 0.296 e. The van der Waals surface area contributed by atoms with E-state index in [0.717, 1.165) is 11.1 Å². The molecular weight excluding hydrogens is 410 g/mol. The van der Waals surface area contributed by atoms with Gasteiger partial charge in [-0.05, 0) is 19.9 Å². The SMILES string of the molecule is CCn1c(SCC(=O)Nc2nccs2)nnc1-c1nc(-c2cccc(C)c2)no1. The first-order chi connectivity index (χ1) is 14.1. The van der Waals surface area contributed by atoms with Gasteiger partial charge in [-0.2, -0.15) is 4.98 Å². The third kappa shape index (κ3) is 4.35. The number of aryl methyl sites for hydroxylation is 1. The maximum atomic E-state index is 12.1. The van der Waals surface area contributed by atoms with Crippen LogP contribution in [0.4, 0.5) is 5.13 Å². The van der Waals surface area contributed by atoms with E-state index in [1.165, 1.54) is 23.1 Å². The van der Waals surface area contributed by atoms with Crippen LogP contribution in [-0.4, -0.2) is 41.5 Å². The number of hydrogen-bond acceptors (Lipinski definition) is 9. The lowest BCUT2D eigenvalue weighted by Crippen LogP contribution is -2.14. The third-order valence-corrected chi connectivity index (χ3v) is 5.59. The molecule has 0 aliphatic rings. The van der Waals surface area contributed by atoms with E-state index < -0.39 is 0 Å². The minimum absolute atomic E-state index is 0.156. The van der Waals surface area contributed by atoms with Crippen molar-refractivity contribution in [3.63, 3.8) is 0 Å². The maximum absolute atomic E-state index is 12.1. The summed E-state index contributed by atoms with van der Waals surface area (Å²) in [6, 6.07) is 7.86. The Morgan fingerprint density at radius 3 is 3.00 bits per heavy atom. The van der Waals surface area contributed by atoms with Crippen molar-refractivity contribution in [2.45, 2.75) is 25.5 Å². The van der Waals surface area contributed by atoms with E-state index in [4.69, 9.17) is 4.52 Å². The lowest BCUT2D eigenvalue weighted by molar-refractivity contribution is -0.113. The molecule has 4 rings (SSSR count). The quantitative estimate of drug-likeness (QED) is 0.446. The molecule has 9 nitrogen and oxygen atoms in total. The van der Waals surface area contributed by atoms with Crippen LogP contribution in [0.15, 0.2) is 45.5 Å². The summed E-state index contributed by atoms with van der Waals surface area (Å²) in [6.07, 6.45) is 1.64. The number of thioether (sulfide) groups is 1. The van der Waals surface area contributed by atoms with Gasteiger partial charge in [-0.25, -0.2) is 4.98 Å². The Morgan fingerprint density at radius 2 is 2.24 bits per heavy atom. The summed E-state index contributed by atoms with van der Waals surface area (Å²) in [5.41, 5.74) is 1.98. The molecule has 0 aliphatic heterocycles. The second-order valence-corrected chi connectivity index (χ2v) is 7.85. The molecule has 0 saturated carbocycles. The molecule has 3 aromatic heterocycles. The number of anilines is 1. The number of carbonyl (C=O) groups is 1. The van der Waals surface area contributed by atoms with Crippen molar-refractivity contribution >= 4 is 34.1 Å². The predicted molar refractivity (Wildman–Crippen MR) is 111 cm³/mol. The molecule has 1 N–H and O–H groups in total. The molecule has 0 bridgehead atoms. The minimum atomic E-state index is -0.156. The van der Waals surface area contributed by atoms with E-state index in [2.05, 4.69) is 30.6 Å². The Bertz CT molecular complexity index is 1120. The van der Waals surface area contributed by atoms with Crippen molar-refractivity contribution in [3.8, 4) is 23.1 Å². The van der Waals surface area contributed by atoms with Crippen LogP contribution in [0.2, 0.25) is 0 Å². The van der Waals surface area contributed by atoms with E-state index in [1.807, 2.05) is 42.7 Å². The fraction of sp³-hybridized carbons (Fsp3) is 0.222. The molecule has 1 amide bonds. The van der Waals surface area contributed by atoms with E-state index in [0.29, 0.717) is 28.5 Å². The number of nitrogens with one attached hydrogen (secondary N) is 1. The second-order valence-electron chi connectivity index (χ2n) is 6.02. The molecule has 0 atom stereocenters. The average Bonchev–Trinajstić information content (AvgIpc) is 3.46. The summed E-state index contributed by atoms with van der Waals surface area (Å²) in [5, 5.41) is 18.2. The monoisotopic (exact) mass is 427 g/mol. The Kier molecular flexibility index (Phi) is 5.67. The highest BCUT2D eigenvalue weighted by Gasteiger charge is 2.20. The zero-order chi connectivity index (χ0) is 20.2. The van der Waals surface area contributed by atoms with Crippen molar-refractivity contribution in [3.05, 3.63) is 41.4 Å². The molecule has 11 heteroatoms. The summed E-state index contributed by atoms with van der Waals surface area (Å²) in [7, 11) is 0. The number of nitrogens with zero attached hydrogens (tertiary/aromatic N) is 6. The normalized spacial score (nSPS) is 11.0. The van der Waals surface area contributed by atoms with Gasteiger partial charge in [0.05, 0.1) is 5.75 Å². The van der Waals surface area contributed by atoms with Crippen LogP contribution in [0.3, 0.4) is 0 Å². The van der Waals surface area contributed by atoms with Gasteiger partial charge in [0, 0.05) is 23.7 Å². The van der Waals surface area contributed by atoms with Crippen LogP contribution >= 0.6 is 23.1 Å². The summed E-state index contributed by atoms with van der Waals surface area (Å²) in [5.74, 6) is 1.29. The molecule has 0 aliphatic carbocycles. The lowest BCUT2D eigenvalue weighted by atomic mass is 10.1. The highest BCUT2D eigenvalue weighted by molar-refractivity contribution is 7.99. The molecule has 0 unspecified atom stereocenters. The van der Waals surface area contributed by atoms with E-state index in [1.54, 1.807) is 11.6 Å². The number of thiazole rings is 1. The van der Waals surface area contributed by atoms with Gasteiger partial charge in [0.1, 0.15) is 0 Å². The highest BCUT2D eigenvalue weighted by Crippen LogP contribution is 2.25.